The van der Waals surface area contributed by atoms with Gasteiger partial charge in [-0.25, -0.2) is 9.97 Å². The maximum atomic E-state index is 12.6. The summed E-state index contributed by atoms with van der Waals surface area (Å²) in [5, 5.41) is 2.69. The van der Waals surface area contributed by atoms with E-state index in [9.17, 15) is 18.0 Å². The molecule has 1 saturated heterocycles. The quantitative estimate of drug-likeness (QED) is 0.861. The predicted octanol–water partition coefficient (Wildman–Crippen LogP) is 2.19. The van der Waals surface area contributed by atoms with Crippen LogP contribution >= 0.6 is 0 Å². The Bertz CT molecular complexity index is 775. The van der Waals surface area contributed by atoms with E-state index in [1.54, 1.807) is 12.3 Å². The van der Waals surface area contributed by atoms with Crippen LogP contribution in [0, 0.1) is 0 Å². The lowest BCUT2D eigenvalue weighted by molar-refractivity contribution is -0.137. The summed E-state index contributed by atoms with van der Waals surface area (Å²) in [6.45, 7) is 2.93. The maximum absolute atomic E-state index is 12.6. The summed E-state index contributed by atoms with van der Waals surface area (Å²) >= 11 is 0. The second-order valence-electron chi connectivity index (χ2n) is 6.08. The van der Waals surface area contributed by atoms with Crippen molar-refractivity contribution in [2.45, 2.75) is 19.1 Å². The van der Waals surface area contributed by atoms with Crippen molar-refractivity contribution in [1.82, 2.24) is 15.3 Å². The Kier molecular flexibility index (Phi) is 5.90. The van der Waals surface area contributed by atoms with Crippen molar-refractivity contribution < 1.29 is 22.7 Å². The molecule has 9 heteroatoms. The molecule has 1 amide bonds. The molecule has 1 N–H and O–H groups in total. The maximum Gasteiger partial charge on any atom is 0.416 e. The molecule has 1 aliphatic rings. The summed E-state index contributed by atoms with van der Waals surface area (Å²) in [4.78, 5) is 22.7. The molecule has 2 heterocycles. The number of halogens is 3. The van der Waals surface area contributed by atoms with E-state index in [4.69, 9.17) is 4.74 Å². The third kappa shape index (κ3) is 5.40. The molecule has 1 aliphatic heterocycles. The highest BCUT2D eigenvalue weighted by atomic mass is 19.4. The molecule has 144 valence electrons. The Morgan fingerprint density at radius 2 is 1.85 bits per heavy atom. The van der Waals surface area contributed by atoms with Gasteiger partial charge in [-0.2, -0.15) is 13.2 Å². The number of morpholine rings is 1. The third-order valence-electron chi connectivity index (χ3n) is 4.12. The normalized spacial score (nSPS) is 14.9. The molecule has 1 aromatic carbocycles. The van der Waals surface area contributed by atoms with E-state index in [0.29, 0.717) is 24.6 Å². The molecule has 6 nitrogen and oxygen atoms in total. The minimum absolute atomic E-state index is 0.0126. The van der Waals surface area contributed by atoms with Crippen molar-refractivity contribution >= 4 is 11.7 Å². The molecule has 27 heavy (non-hydrogen) atoms. The Labute approximate surface area is 154 Å². The summed E-state index contributed by atoms with van der Waals surface area (Å²) in [5.74, 6) is 0.940. The number of rotatable bonds is 5. The van der Waals surface area contributed by atoms with Gasteiger partial charge < -0.3 is 15.0 Å². The molecule has 0 aliphatic carbocycles. The second kappa shape index (κ2) is 8.34. The predicted molar refractivity (Wildman–Crippen MR) is 92.1 cm³/mol. The highest BCUT2D eigenvalue weighted by Crippen LogP contribution is 2.29. The van der Waals surface area contributed by atoms with Crippen LogP contribution in [0.1, 0.15) is 17.0 Å². The van der Waals surface area contributed by atoms with Crippen molar-refractivity contribution in [2.24, 2.45) is 0 Å². The van der Waals surface area contributed by atoms with Crippen LogP contribution in [-0.4, -0.2) is 42.2 Å². The number of nitrogens with zero attached hydrogens (tertiary/aromatic N) is 3. The molecular formula is C18H19F3N4O2. The van der Waals surface area contributed by atoms with Crippen molar-refractivity contribution in [1.29, 1.82) is 0 Å². The first-order valence-corrected chi connectivity index (χ1v) is 8.49. The van der Waals surface area contributed by atoms with Crippen molar-refractivity contribution in [3.05, 3.63) is 53.5 Å². The molecule has 0 atom stereocenters. The van der Waals surface area contributed by atoms with E-state index >= 15 is 0 Å². The zero-order chi connectivity index (χ0) is 19.3. The van der Waals surface area contributed by atoms with Crippen LogP contribution in [0.3, 0.4) is 0 Å². The van der Waals surface area contributed by atoms with E-state index in [1.807, 2.05) is 0 Å². The first-order chi connectivity index (χ1) is 12.9. The number of carbonyl (C=O) groups is 1. The average Bonchev–Trinajstić information content (AvgIpc) is 2.67. The number of anilines is 1. The summed E-state index contributed by atoms with van der Waals surface area (Å²) in [5.41, 5.74) is -0.233. The molecule has 0 radical (unpaired) electrons. The summed E-state index contributed by atoms with van der Waals surface area (Å²) < 4.78 is 43.0. The van der Waals surface area contributed by atoms with E-state index in [0.717, 1.165) is 31.0 Å². The van der Waals surface area contributed by atoms with Gasteiger partial charge in [-0.05, 0) is 23.8 Å². The summed E-state index contributed by atoms with van der Waals surface area (Å²) in [6, 6.07) is 6.35. The molecule has 2 aromatic rings. The lowest BCUT2D eigenvalue weighted by Gasteiger charge is -2.27. The Morgan fingerprint density at radius 3 is 2.52 bits per heavy atom. The van der Waals surface area contributed by atoms with Crippen LogP contribution in [0.25, 0.3) is 0 Å². The van der Waals surface area contributed by atoms with E-state index < -0.39 is 11.7 Å². The number of alkyl halides is 3. The number of hydrogen-bond donors (Lipinski definition) is 1. The average molecular weight is 380 g/mol. The number of ether oxygens (including phenoxy) is 1. The van der Waals surface area contributed by atoms with Gasteiger partial charge in [0.1, 0.15) is 11.6 Å². The third-order valence-corrected chi connectivity index (χ3v) is 4.12. The molecule has 1 fully saturated rings. The fourth-order valence-electron chi connectivity index (χ4n) is 2.68. The Morgan fingerprint density at radius 1 is 1.15 bits per heavy atom. The lowest BCUT2D eigenvalue weighted by atomic mass is 10.1. The van der Waals surface area contributed by atoms with E-state index in [2.05, 4.69) is 20.2 Å². The molecular weight excluding hydrogens is 361 g/mol. The number of aromatic nitrogens is 2. The number of carbonyl (C=O) groups excluding carboxylic acids is 1. The van der Waals surface area contributed by atoms with E-state index in [1.165, 1.54) is 12.1 Å². The number of nitrogens with one attached hydrogen (secondary N) is 1. The molecule has 0 unspecified atom stereocenters. The van der Waals surface area contributed by atoms with Gasteiger partial charge in [-0.15, -0.1) is 0 Å². The van der Waals surface area contributed by atoms with Gasteiger partial charge in [0, 0.05) is 19.3 Å². The monoisotopic (exact) mass is 380 g/mol. The van der Waals surface area contributed by atoms with Crippen molar-refractivity contribution in [3.63, 3.8) is 0 Å². The zero-order valence-corrected chi connectivity index (χ0v) is 14.5. The van der Waals surface area contributed by atoms with Gasteiger partial charge in [0.25, 0.3) is 0 Å². The first kappa shape index (κ1) is 19.1. The van der Waals surface area contributed by atoms with Crippen LogP contribution in [-0.2, 0) is 28.7 Å². The second-order valence-corrected chi connectivity index (χ2v) is 6.08. The smallest absolute Gasteiger partial charge is 0.378 e. The van der Waals surface area contributed by atoms with Gasteiger partial charge in [-0.3, -0.25) is 4.79 Å². The van der Waals surface area contributed by atoms with Gasteiger partial charge in [0.2, 0.25) is 5.91 Å². The standard InChI is InChI=1S/C18H19F3N4O2/c19-18(20,21)14-3-1-13(2-4-14)11-17(26)23-12-15-22-6-5-16(24-15)25-7-9-27-10-8-25/h1-6H,7-12H2,(H,23,26). The molecule has 0 bridgehead atoms. The Hall–Kier alpha value is -2.68. The fraction of sp³-hybridized carbons (Fsp3) is 0.389. The molecule has 0 spiro atoms. The first-order valence-electron chi connectivity index (χ1n) is 8.49. The molecule has 3 rings (SSSR count). The van der Waals surface area contributed by atoms with Gasteiger partial charge in [0.15, 0.2) is 0 Å². The van der Waals surface area contributed by atoms with Crippen molar-refractivity contribution in [3.8, 4) is 0 Å². The minimum atomic E-state index is -4.39. The highest BCUT2D eigenvalue weighted by Gasteiger charge is 2.29. The molecule has 0 saturated carbocycles. The van der Waals surface area contributed by atoms with Crippen molar-refractivity contribution in [2.75, 3.05) is 31.2 Å². The molecule has 1 aromatic heterocycles. The van der Waals surface area contributed by atoms with Gasteiger partial charge >= 0.3 is 6.18 Å². The van der Waals surface area contributed by atoms with Gasteiger partial charge in [-0.1, -0.05) is 12.1 Å². The SMILES string of the molecule is O=C(Cc1ccc(C(F)(F)F)cc1)NCc1nccc(N2CCOCC2)n1. The topological polar surface area (TPSA) is 67.4 Å². The summed E-state index contributed by atoms with van der Waals surface area (Å²) in [6.07, 6.45) is -2.76. The summed E-state index contributed by atoms with van der Waals surface area (Å²) in [7, 11) is 0. The van der Waals surface area contributed by atoms with Crippen LogP contribution in [0.4, 0.5) is 19.0 Å². The number of amides is 1. The lowest BCUT2D eigenvalue weighted by Crippen LogP contribution is -2.37. The Balaban J connectivity index is 1.53. The number of benzene rings is 1. The van der Waals surface area contributed by atoms with Crippen LogP contribution in [0.5, 0.6) is 0 Å². The van der Waals surface area contributed by atoms with Crippen LogP contribution < -0.4 is 10.2 Å². The van der Waals surface area contributed by atoms with Crippen LogP contribution in [0.2, 0.25) is 0 Å². The van der Waals surface area contributed by atoms with Gasteiger partial charge in [0.05, 0.1) is 31.7 Å². The number of hydrogen-bond acceptors (Lipinski definition) is 5. The van der Waals surface area contributed by atoms with E-state index in [-0.39, 0.29) is 18.9 Å². The zero-order valence-electron chi connectivity index (χ0n) is 14.5. The largest absolute Gasteiger partial charge is 0.416 e. The van der Waals surface area contributed by atoms with Crippen LogP contribution in [0.15, 0.2) is 36.5 Å². The minimum Gasteiger partial charge on any atom is -0.378 e. The fourth-order valence-corrected chi connectivity index (χ4v) is 2.68. The highest BCUT2D eigenvalue weighted by molar-refractivity contribution is 5.78.